The number of rotatable bonds is 6. The number of carbonyl (C=O) groups is 1. The quantitative estimate of drug-likeness (QED) is 0.534. The number of aryl methyl sites for hydroxylation is 2. The molecule has 0 saturated carbocycles. The molecule has 25 heavy (non-hydrogen) atoms. The Morgan fingerprint density at radius 3 is 2.52 bits per heavy atom. The van der Waals surface area contributed by atoms with E-state index in [0.29, 0.717) is 10.8 Å². The number of halogens is 2. The van der Waals surface area contributed by atoms with Crippen LogP contribution in [0.25, 0.3) is 6.08 Å². The fourth-order valence-corrected chi connectivity index (χ4v) is 2.56. The minimum atomic E-state index is -0.346. The van der Waals surface area contributed by atoms with Gasteiger partial charge in [0.25, 0.3) is 5.91 Å². The molecule has 0 unspecified atom stereocenters. The molecule has 1 N–H and O–H groups in total. The normalized spacial score (nSPS) is 11.6. The summed E-state index contributed by atoms with van der Waals surface area (Å²) < 4.78 is 6.21. The van der Waals surface area contributed by atoms with Crippen molar-refractivity contribution in [1.82, 2.24) is 5.43 Å². The summed E-state index contributed by atoms with van der Waals surface area (Å²) in [4.78, 5) is 11.8. The maximum atomic E-state index is 11.8. The van der Waals surface area contributed by atoms with E-state index in [1.165, 1.54) is 6.21 Å². The Bertz CT molecular complexity index is 781. The van der Waals surface area contributed by atoms with Crippen molar-refractivity contribution in [3.05, 3.63) is 68.7 Å². The summed E-state index contributed by atoms with van der Waals surface area (Å²) in [6.45, 7) is 3.66. The van der Waals surface area contributed by atoms with E-state index >= 15 is 0 Å². The summed E-state index contributed by atoms with van der Waals surface area (Å²) in [6, 6.07) is 13.4. The number of amides is 1. The first-order chi connectivity index (χ1) is 12.0. The van der Waals surface area contributed by atoms with Gasteiger partial charge in [-0.25, -0.2) is 5.43 Å². The Labute approximate surface area is 160 Å². The summed E-state index contributed by atoms with van der Waals surface area (Å²) in [5, 5.41) is 4.59. The minimum absolute atomic E-state index is 0.127. The molecule has 0 radical (unpaired) electrons. The van der Waals surface area contributed by atoms with Gasteiger partial charge in [-0.3, -0.25) is 4.79 Å². The highest BCUT2D eigenvalue weighted by molar-refractivity contribution is 9.12. The van der Waals surface area contributed by atoms with E-state index in [1.807, 2.05) is 50.3 Å². The van der Waals surface area contributed by atoms with Crippen LogP contribution in [0.1, 0.15) is 16.7 Å². The molecule has 0 saturated heterocycles. The molecule has 1 amide bonds. The van der Waals surface area contributed by atoms with Crippen LogP contribution in [-0.4, -0.2) is 18.7 Å². The predicted molar refractivity (Wildman–Crippen MR) is 106 cm³/mol. The highest BCUT2D eigenvalue weighted by Crippen LogP contribution is 2.25. The van der Waals surface area contributed by atoms with E-state index in [4.69, 9.17) is 16.3 Å². The maximum Gasteiger partial charge on any atom is 0.277 e. The van der Waals surface area contributed by atoms with E-state index in [1.54, 1.807) is 12.1 Å². The average molecular weight is 422 g/mol. The van der Waals surface area contributed by atoms with E-state index in [2.05, 4.69) is 26.5 Å². The third kappa shape index (κ3) is 6.36. The zero-order chi connectivity index (χ0) is 18.2. The van der Waals surface area contributed by atoms with Crippen molar-refractivity contribution < 1.29 is 9.53 Å². The molecule has 0 aliphatic heterocycles. The largest absolute Gasteiger partial charge is 0.484 e. The molecule has 0 fully saturated rings. The summed E-state index contributed by atoms with van der Waals surface area (Å²) in [6.07, 6.45) is 3.41. The molecular weight excluding hydrogens is 404 g/mol. The van der Waals surface area contributed by atoms with Gasteiger partial charge in [0.2, 0.25) is 0 Å². The van der Waals surface area contributed by atoms with Crippen LogP contribution < -0.4 is 10.2 Å². The van der Waals surface area contributed by atoms with Gasteiger partial charge in [0.15, 0.2) is 6.61 Å². The Morgan fingerprint density at radius 1 is 1.24 bits per heavy atom. The molecule has 0 aliphatic carbocycles. The Kier molecular flexibility index (Phi) is 7.22. The smallest absolute Gasteiger partial charge is 0.277 e. The zero-order valence-corrected chi connectivity index (χ0v) is 16.3. The van der Waals surface area contributed by atoms with Crippen LogP contribution in [0, 0.1) is 13.8 Å². The second-order valence-electron chi connectivity index (χ2n) is 5.39. The van der Waals surface area contributed by atoms with Crippen LogP contribution in [0.3, 0.4) is 0 Å². The lowest BCUT2D eigenvalue weighted by molar-refractivity contribution is -0.123. The summed E-state index contributed by atoms with van der Waals surface area (Å²) >= 11 is 9.48. The van der Waals surface area contributed by atoms with E-state index < -0.39 is 0 Å². The van der Waals surface area contributed by atoms with Crippen molar-refractivity contribution in [1.29, 1.82) is 0 Å². The first-order valence-corrected chi connectivity index (χ1v) is 8.76. The molecule has 0 aliphatic rings. The van der Waals surface area contributed by atoms with Crippen molar-refractivity contribution in [2.24, 2.45) is 5.10 Å². The van der Waals surface area contributed by atoms with E-state index in [-0.39, 0.29) is 12.5 Å². The maximum absolute atomic E-state index is 11.8. The summed E-state index contributed by atoms with van der Waals surface area (Å²) in [5.74, 6) is 0.255. The van der Waals surface area contributed by atoms with Gasteiger partial charge < -0.3 is 4.74 Å². The monoisotopic (exact) mass is 420 g/mol. The van der Waals surface area contributed by atoms with Crippen molar-refractivity contribution >= 4 is 45.7 Å². The predicted octanol–water partition coefficient (Wildman–Crippen LogP) is 4.87. The highest BCUT2D eigenvalue weighted by Gasteiger charge is 2.06. The van der Waals surface area contributed by atoms with Gasteiger partial charge in [0, 0.05) is 9.51 Å². The number of ether oxygens (including phenoxy) is 1. The van der Waals surface area contributed by atoms with Crippen LogP contribution in [0.5, 0.6) is 5.75 Å². The van der Waals surface area contributed by atoms with Gasteiger partial charge >= 0.3 is 0 Å². The first kappa shape index (κ1) is 19.2. The summed E-state index contributed by atoms with van der Waals surface area (Å²) in [7, 11) is 0. The van der Waals surface area contributed by atoms with E-state index in [0.717, 1.165) is 21.2 Å². The molecule has 6 heteroatoms. The topological polar surface area (TPSA) is 50.7 Å². The average Bonchev–Trinajstić information content (AvgIpc) is 2.58. The van der Waals surface area contributed by atoms with Crippen LogP contribution in [0.15, 0.2) is 52.0 Å². The molecule has 0 bridgehead atoms. The molecule has 130 valence electrons. The number of hydrogen-bond donors (Lipinski definition) is 1. The lowest BCUT2D eigenvalue weighted by Gasteiger charge is -2.09. The molecule has 0 atom stereocenters. The van der Waals surface area contributed by atoms with Crippen molar-refractivity contribution in [3.63, 3.8) is 0 Å². The molecule has 0 spiro atoms. The molecule has 0 aromatic heterocycles. The summed E-state index contributed by atoms with van der Waals surface area (Å²) in [5.41, 5.74) is 5.27. The molecule has 2 aromatic carbocycles. The first-order valence-electron chi connectivity index (χ1n) is 7.59. The number of allylic oxidation sites excluding steroid dienone is 1. The standard InChI is InChI=1S/C19H18BrClN2O2/c1-13-8-17(9-14(2)19(13)21)25-12-18(24)23-22-11-16(20)10-15-6-4-3-5-7-15/h3-11H,12H2,1-2H3,(H,23,24). The van der Waals surface area contributed by atoms with Crippen LogP contribution in [-0.2, 0) is 4.79 Å². The second kappa shape index (κ2) is 9.39. The van der Waals surface area contributed by atoms with Crippen LogP contribution in [0.4, 0.5) is 0 Å². The second-order valence-corrected chi connectivity index (χ2v) is 6.69. The van der Waals surface area contributed by atoms with Gasteiger partial charge in [-0.2, -0.15) is 5.10 Å². The Morgan fingerprint density at radius 2 is 1.88 bits per heavy atom. The van der Waals surface area contributed by atoms with Gasteiger partial charge in [0.05, 0.1) is 6.21 Å². The van der Waals surface area contributed by atoms with Crippen molar-refractivity contribution in [2.75, 3.05) is 6.61 Å². The Balaban J connectivity index is 1.83. The molecule has 2 aromatic rings. The number of hydrazone groups is 1. The lowest BCUT2D eigenvalue weighted by atomic mass is 10.1. The molecule has 2 rings (SSSR count). The number of nitrogens with one attached hydrogen (secondary N) is 1. The van der Waals surface area contributed by atoms with E-state index in [9.17, 15) is 4.79 Å². The Hall–Kier alpha value is -2.11. The number of hydrogen-bond acceptors (Lipinski definition) is 3. The SMILES string of the molecule is Cc1cc(OCC(=O)NN=CC(Br)=Cc2ccccc2)cc(C)c1Cl. The highest BCUT2D eigenvalue weighted by atomic mass is 79.9. The number of carbonyl (C=O) groups excluding carboxylic acids is 1. The van der Waals surface area contributed by atoms with Crippen molar-refractivity contribution in [2.45, 2.75) is 13.8 Å². The molecule has 4 nitrogen and oxygen atoms in total. The zero-order valence-electron chi connectivity index (χ0n) is 13.9. The minimum Gasteiger partial charge on any atom is -0.484 e. The van der Waals surface area contributed by atoms with Gasteiger partial charge in [-0.15, -0.1) is 0 Å². The third-order valence-electron chi connectivity index (χ3n) is 3.26. The van der Waals surface area contributed by atoms with Gasteiger partial charge in [-0.05, 0) is 64.7 Å². The fourth-order valence-electron chi connectivity index (χ4n) is 2.08. The van der Waals surface area contributed by atoms with Crippen LogP contribution in [0.2, 0.25) is 5.02 Å². The number of nitrogens with zero attached hydrogens (tertiary/aromatic N) is 1. The van der Waals surface area contributed by atoms with Crippen LogP contribution >= 0.6 is 27.5 Å². The van der Waals surface area contributed by atoms with Crippen molar-refractivity contribution in [3.8, 4) is 5.75 Å². The lowest BCUT2D eigenvalue weighted by Crippen LogP contribution is -2.24. The third-order valence-corrected chi connectivity index (χ3v) is 4.29. The number of benzene rings is 2. The van der Waals surface area contributed by atoms with Gasteiger partial charge in [0.1, 0.15) is 5.75 Å². The molecular formula is C19H18BrClN2O2. The van der Waals surface area contributed by atoms with Gasteiger partial charge in [-0.1, -0.05) is 41.9 Å². The fraction of sp³-hybridized carbons (Fsp3) is 0.158. The molecule has 0 heterocycles.